The number of aromatic nitrogens is 2. The van der Waals surface area contributed by atoms with Crippen LogP contribution in [-0.4, -0.2) is 34.9 Å². The average molecular weight is 243 g/mol. The highest BCUT2D eigenvalue weighted by molar-refractivity contribution is 7.98. The molecule has 5 nitrogen and oxygen atoms in total. The van der Waals surface area contributed by atoms with Crippen LogP contribution in [-0.2, 0) is 6.54 Å². The first kappa shape index (κ1) is 13.1. The molecule has 0 unspecified atom stereocenters. The van der Waals surface area contributed by atoms with Gasteiger partial charge in [-0.1, -0.05) is 0 Å². The van der Waals surface area contributed by atoms with Crippen molar-refractivity contribution < 1.29 is 4.74 Å². The molecule has 16 heavy (non-hydrogen) atoms. The molecule has 1 aromatic heterocycles. The van der Waals surface area contributed by atoms with Gasteiger partial charge in [-0.3, -0.25) is 4.79 Å². The number of nitrogens with two attached hydrogens (primary N) is 1. The summed E-state index contributed by atoms with van der Waals surface area (Å²) in [5, 5.41) is 4.03. The van der Waals surface area contributed by atoms with Crippen LogP contribution >= 0.6 is 11.8 Å². The molecular formula is C10H17N3O2S. The first-order chi connectivity index (χ1) is 7.77. The summed E-state index contributed by atoms with van der Waals surface area (Å²) in [5.74, 6) is 1.39. The van der Waals surface area contributed by atoms with Gasteiger partial charge in [0.1, 0.15) is 5.75 Å². The van der Waals surface area contributed by atoms with Crippen molar-refractivity contribution in [3.05, 3.63) is 22.6 Å². The Morgan fingerprint density at radius 3 is 3.06 bits per heavy atom. The van der Waals surface area contributed by atoms with E-state index in [0.717, 1.165) is 12.2 Å². The minimum Gasteiger partial charge on any atom is -0.492 e. The standard InChI is InChI=1S/C10H17N3O2S/c1-16-6-4-13-10(14)7-9(8-12-13)15-5-2-3-11/h7-8H,2-6,11H2,1H3. The molecule has 0 saturated carbocycles. The molecule has 0 aliphatic carbocycles. The number of rotatable bonds is 7. The van der Waals surface area contributed by atoms with Gasteiger partial charge in [0.05, 0.1) is 19.3 Å². The molecule has 0 aliphatic rings. The Morgan fingerprint density at radius 2 is 2.44 bits per heavy atom. The lowest BCUT2D eigenvalue weighted by atomic mass is 10.4. The maximum absolute atomic E-state index is 11.6. The number of nitrogens with zero attached hydrogens (tertiary/aromatic N) is 2. The van der Waals surface area contributed by atoms with E-state index in [2.05, 4.69) is 5.10 Å². The maximum atomic E-state index is 11.6. The zero-order chi connectivity index (χ0) is 11.8. The molecule has 0 radical (unpaired) electrons. The predicted octanol–water partition coefficient (Wildman–Crippen LogP) is 0.334. The largest absolute Gasteiger partial charge is 0.492 e. The van der Waals surface area contributed by atoms with E-state index >= 15 is 0 Å². The van der Waals surface area contributed by atoms with Crippen molar-refractivity contribution in [2.75, 3.05) is 25.2 Å². The Bertz CT molecular complexity index is 367. The third-order valence-electron chi connectivity index (χ3n) is 1.97. The van der Waals surface area contributed by atoms with Crippen molar-refractivity contribution in [1.82, 2.24) is 9.78 Å². The minimum absolute atomic E-state index is 0.126. The molecule has 0 bridgehead atoms. The van der Waals surface area contributed by atoms with Crippen LogP contribution in [0.2, 0.25) is 0 Å². The fourth-order valence-electron chi connectivity index (χ4n) is 1.11. The molecule has 1 aromatic rings. The highest BCUT2D eigenvalue weighted by Crippen LogP contribution is 2.03. The summed E-state index contributed by atoms with van der Waals surface area (Å²) in [6.45, 7) is 1.73. The Kier molecular flexibility index (Phi) is 5.95. The lowest BCUT2D eigenvalue weighted by molar-refractivity contribution is 0.309. The van der Waals surface area contributed by atoms with Crippen LogP contribution in [0.3, 0.4) is 0 Å². The number of hydrogen-bond donors (Lipinski definition) is 1. The number of ether oxygens (including phenoxy) is 1. The number of aryl methyl sites for hydroxylation is 1. The second kappa shape index (κ2) is 7.29. The summed E-state index contributed by atoms with van der Waals surface area (Å²) in [6, 6.07) is 1.46. The first-order valence-electron chi connectivity index (χ1n) is 5.17. The van der Waals surface area contributed by atoms with Crippen LogP contribution < -0.4 is 16.0 Å². The zero-order valence-electron chi connectivity index (χ0n) is 9.39. The summed E-state index contributed by atoms with van der Waals surface area (Å²) in [6.07, 6.45) is 4.34. The summed E-state index contributed by atoms with van der Waals surface area (Å²) in [4.78, 5) is 11.6. The van der Waals surface area contributed by atoms with Crippen molar-refractivity contribution in [3.8, 4) is 5.75 Å². The van der Waals surface area contributed by atoms with Crippen LogP contribution in [0.1, 0.15) is 6.42 Å². The van der Waals surface area contributed by atoms with E-state index in [1.807, 2.05) is 6.26 Å². The van der Waals surface area contributed by atoms with Crippen LogP contribution in [0.4, 0.5) is 0 Å². The Balaban J connectivity index is 2.56. The first-order valence-corrected chi connectivity index (χ1v) is 6.56. The van der Waals surface area contributed by atoms with Gasteiger partial charge in [0.2, 0.25) is 0 Å². The third kappa shape index (κ3) is 4.24. The highest BCUT2D eigenvalue weighted by Gasteiger charge is 2.00. The average Bonchev–Trinajstić information content (AvgIpc) is 2.28. The van der Waals surface area contributed by atoms with Crippen LogP contribution in [0, 0.1) is 0 Å². The van der Waals surface area contributed by atoms with Gasteiger partial charge in [-0.25, -0.2) is 4.68 Å². The molecule has 0 aromatic carbocycles. The molecule has 0 amide bonds. The SMILES string of the molecule is CSCCn1ncc(OCCCN)cc1=O. The quantitative estimate of drug-likeness (QED) is 0.699. The number of thioether (sulfide) groups is 1. The van der Waals surface area contributed by atoms with Gasteiger partial charge in [0.25, 0.3) is 5.56 Å². The fourth-order valence-corrected chi connectivity index (χ4v) is 1.47. The molecule has 0 saturated heterocycles. The molecule has 1 heterocycles. The lowest BCUT2D eigenvalue weighted by Gasteiger charge is -2.06. The highest BCUT2D eigenvalue weighted by atomic mass is 32.2. The topological polar surface area (TPSA) is 70.1 Å². The van der Waals surface area contributed by atoms with Crippen molar-refractivity contribution in [1.29, 1.82) is 0 Å². The van der Waals surface area contributed by atoms with E-state index in [4.69, 9.17) is 10.5 Å². The van der Waals surface area contributed by atoms with Crippen LogP contribution in [0.25, 0.3) is 0 Å². The van der Waals surface area contributed by atoms with Crippen molar-refractivity contribution in [2.45, 2.75) is 13.0 Å². The molecule has 0 fully saturated rings. The van der Waals surface area contributed by atoms with E-state index in [1.54, 1.807) is 18.0 Å². The van der Waals surface area contributed by atoms with E-state index in [1.165, 1.54) is 10.7 Å². The van der Waals surface area contributed by atoms with Crippen LogP contribution in [0.5, 0.6) is 5.75 Å². The summed E-state index contributed by atoms with van der Waals surface area (Å²) in [7, 11) is 0. The van der Waals surface area contributed by atoms with E-state index in [0.29, 0.717) is 25.4 Å². The molecule has 90 valence electrons. The second-order valence-electron chi connectivity index (χ2n) is 3.24. The smallest absolute Gasteiger partial charge is 0.270 e. The molecule has 0 aliphatic heterocycles. The van der Waals surface area contributed by atoms with Crippen molar-refractivity contribution >= 4 is 11.8 Å². The van der Waals surface area contributed by atoms with E-state index in [-0.39, 0.29) is 5.56 Å². The molecule has 6 heteroatoms. The predicted molar refractivity (Wildman–Crippen MR) is 66.0 cm³/mol. The normalized spacial score (nSPS) is 10.4. The van der Waals surface area contributed by atoms with Gasteiger partial charge in [-0.2, -0.15) is 16.9 Å². The molecule has 0 atom stereocenters. The monoisotopic (exact) mass is 243 g/mol. The Morgan fingerprint density at radius 1 is 1.62 bits per heavy atom. The van der Waals surface area contributed by atoms with Gasteiger partial charge < -0.3 is 10.5 Å². The van der Waals surface area contributed by atoms with Crippen molar-refractivity contribution in [2.24, 2.45) is 5.73 Å². The van der Waals surface area contributed by atoms with Crippen LogP contribution in [0.15, 0.2) is 17.1 Å². The second-order valence-corrected chi connectivity index (χ2v) is 4.22. The Hall–Kier alpha value is -1.01. The molecule has 2 N–H and O–H groups in total. The minimum atomic E-state index is -0.126. The third-order valence-corrected chi connectivity index (χ3v) is 2.56. The maximum Gasteiger partial charge on any atom is 0.270 e. The summed E-state index contributed by atoms with van der Waals surface area (Å²) < 4.78 is 6.76. The van der Waals surface area contributed by atoms with Gasteiger partial charge in [0.15, 0.2) is 0 Å². The Labute approximate surface area is 99.0 Å². The summed E-state index contributed by atoms with van der Waals surface area (Å²) >= 11 is 1.68. The lowest BCUT2D eigenvalue weighted by Crippen LogP contribution is -2.23. The van der Waals surface area contributed by atoms with E-state index < -0.39 is 0 Å². The zero-order valence-corrected chi connectivity index (χ0v) is 10.2. The molecule has 0 spiro atoms. The van der Waals surface area contributed by atoms with Crippen molar-refractivity contribution in [3.63, 3.8) is 0 Å². The number of hydrogen-bond acceptors (Lipinski definition) is 5. The fraction of sp³-hybridized carbons (Fsp3) is 0.600. The van der Waals surface area contributed by atoms with Gasteiger partial charge in [-0.05, 0) is 19.2 Å². The summed E-state index contributed by atoms with van der Waals surface area (Å²) in [5.41, 5.74) is 5.21. The van der Waals surface area contributed by atoms with Gasteiger partial charge >= 0.3 is 0 Å². The molecule has 1 rings (SSSR count). The van der Waals surface area contributed by atoms with E-state index in [9.17, 15) is 4.79 Å². The van der Waals surface area contributed by atoms with Gasteiger partial charge in [-0.15, -0.1) is 0 Å². The van der Waals surface area contributed by atoms with Gasteiger partial charge in [0, 0.05) is 11.8 Å². The molecular weight excluding hydrogens is 226 g/mol.